The molecule has 0 spiro atoms. The van der Waals surface area contributed by atoms with Crippen LogP contribution in [0, 0.1) is 13.8 Å². The number of ether oxygens (including phenoxy) is 2. The lowest BCUT2D eigenvalue weighted by atomic mass is 10.2. The Labute approximate surface area is 156 Å². The van der Waals surface area contributed by atoms with Crippen LogP contribution < -0.4 is 14.8 Å². The summed E-state index contributed by atoms with van der Waals surface area (Å²) in [5.41, 5.74) is 1.34. The number of aromatic nitrogens is 1. The number of para-hydroxylation sites is 2. The first-order valence-corrected chi connectivity index (χ1v) is 9.13. The van der Waals surface area contributed by atoms with E-state index in [1.807, 2.05) is 69.3 Å². The van der Waals surface area contributed by atoms with Crippen molar-refractivity contribution >= 4 is 22.9 Å². The highest BCUT2D eigenvalue weighted by atomic mass is 32.1. The molecule has 1 amide bonds. The molecule has 3 aromatic rings. The van der Waals surface area contributed by atoms with Crippen LogP contribution in [0.25, 0.3) is 0 Å². The molecule has 0 saturated carbocycles. The van der Waals surface area contributed by atoms with Gasteiger partial charge in [-0.05, 0) is 57.2 Å². The van der Waals surface area contributed by atoms with Gasteiger partial charge in [0.25, 0.3) is 5.91 Å². The van der Waals surface area contributed by atoms with Crippen LogP contribution in [0.3, 0.4) is 0 Å². The summed E-state index contributed by atoms with van der Waals surface area (Å²) in [6, 6.07) is 14.7. The Kier molecular flexibility index (Phi) is 5.53. The second-order valence-electron chi connectivity index (χ2n) is 5.60. The number of nitrogens with one attached hydrogen (secondary N) is 1. The van der Waals surface area contributed by atoms with E-state index in [1.165, 1.54) is 11.3 Å². The molecular weight excluding hydrogens is 348 g/mol. The Balaban J connectivity index is 1.77. The predicted molar refractivity (Wildman–Crippen MR) is 104 cm³/mol. The largest absolute Gasteiger partial charge is 0.494 e. The van der Waals surface area contributed by atoms with Gasteiger partial charge in [0.15, 0.2) is 5.75 Å². The number of hydrogen-bond acceptors (Lipinski definition) is 5. The first kappa shape index (κ1) is 17.9. The van der Waals surface area contributed by atoms with Gasteiger partial charge in [-0.1, -0.05) is 12.1 Å². The summed E-state index contributed by atoms with van der Waals surface area (Å²) in [6.07, 6.45) is 0. The zero-order valence-corrected chi connectivity index (χ0v) is 15.7. The van der Waals surface area contributed by atoms with Crippen molar-refractivity contribution in [2.75, 3.05) is 11.9 Å². The van der Waals surface area contributed by atoms with E-state index in [1.54, 1.807) is 0 Å². The SMILES string of the molecule is CCOc1ccc(Oc2ccccc2NC(=O)c2sc(C)nc2C)cc1. The quantitative estimate of drug-likeness (QED) is 0.649. The highest BCUT2D eigenvalue weighted by Crippen LogP contribution is 2.31. The van der Waals surface area contributed by atoms with E-state index in [9.17, 15) is 4.79 Å². The Bertz CT molecular complexity index is 904. The van der Waals surface area contributed by atoms with Gasteiger partial charge in [-0.25, -0.2) is 4.98 Å². The van der Waals surface area contributed by atoms with E-state index in [4.69, 9.17) is 9.47 Å². The van der Waals surface area contributed by atoms with Gasteiger partial charge in [0, 0.05) is 0 Å². The molecule has 0 atom stereocenters. The van der Waals surface area contributed by atoms with Crippen molar-refractivity contribution in [2.24, 2.45) is 0 Å². The number of aryl methyl sites for hydroxylation is 2. The van der Waals surface area contributed by atoms with E-state index in [0.29, 0.717) is 28.7 Å². The van der Waals surface area contributed by atoms with Gasteiger partial charge >= 0.3 is 0 Å². The van der Waals surface area contributed by atoms with Crippen molar-refractivity contribution < 1.29 is 14.3 Å². The predicted octanol–water partition coefficient (Wildman–Crippen LogP) is 5.20. The van der Waals surface area contributed by atoms with Crippen molar-refractivity contribution in [3.63, 3.8) is 0 Å². The van der Waals surface area contributed by atoms with Crippen LogP contribution in [-0.4, -0.2) is 17.5 Å². The number of benzene rings is 2. The molecule has 0 unspecified atom stereocenters. The summed E-state index contributed by atoms with van der Waals surface area (Å²) in [5, 5.41) is 3.78. The summed E-state index contributed by atoms with van der Waals surface area (Å²) in [4.78, 5) is 17.5. The van der Waals surface area contributed by atoms with Crippen molar-refractivity contribution in [2.45, 2.75) is 20.8 Å². The van der Waals surface area contributed by atoms with Crippen LogP contribution in [0.15, 0.2) is 48.5 Å². The van der Waals surface area contributed by atoms with E-state index in [0.717, 1.165) is 16.5 Å². The van der Waals surface area contributed by atoms with Crippen molar-refractivity contribution in [3.8, 4) is 17.2 Å². The highest BCUT2D eigenvalue weighted by molar-refractivity contribution is 7.13. The molecule has 134 valence electrons. The maximum atomic E-state index is 12.6. The van der Waals surface area contributed by atoms with Crippen LogP contribution in [-0.2, 0) is 0 Å². The summed E-state index contributed by atoms with van der Waals surface area (Å²) in [6.45, 7) is 6.28. The molecule has 0 saturated heterocycles. The van der Waals surface area contributed by atoms with Gasteiger partial charge in [-0.3, -0.25) is 4.79 Å². The number of amides is 1. The van der Waals surface area contributed by atoms with Crippen LogP contribution in [0.5, 0.6) is 17.2 Å². The molecule has 1 N–H and O–H groups in total. The molecule has 3 rings (SSSR count). The van der Waals surface area contributed by atoms with Gasteiger partial charge < -0.3 is 14.8 Å². The minimum absolute atomic E-state index is 0.184. The second-order valence-corrected chi connectivity index (χ2v) is 6.81. The Morgan fingerprint density at radius 1 is 1.08 bits per heavy atom. The van der Waals surface area contributed by atoms with Crippen molar-refractivity contribution in [3.05, 3.63) is 64.1 Å². The zero-order chi connectivity index (χ0) is 18.5. The maximum Gasteiger partial charge on any atom is 0.267 e. The number of hydrogen-bond donors (Lipinski definition) is 1. The Morgan fingerprint density at radius 2 is 1.77 bits per heavy atom. The first-order chi connectivity index (χ1) is 12.6. The molecule has 1 aromatic heterocycles. The third-order valence-electron chi connectivity index (χ3n) is 3.61. The Hall–Kier alpha value is -2.86. The molecule has 0 fully saturated rings. The maximum absolute atomic E-state index is 12.6. The number of carbonyl (C=O) groups is 1. The average molecular weight is 368 g/mol. The fourth-order valence-corrected chi connectivity index (χ4v) is 3.29. The molecule has 26 heavy (non-hydrogen) atoms. The molecule has 0 radical (unpaired) electrons. The monoisotopic (exact) mass is 368 g/mol. The molecule has 5 nitrogen and oxygen atoms in total. The molecular formula is C20H20N2O3S. The van der Waals surface area contributed by atoms with E-state index in [2.05, 4.69) is 10.3 Å². The summed E-state index contributed by atoms with van der Waals surface area (Å²) >= 11 is 1.38. The summed E-state index contributed by atoms with van der Waals surface area (Å²) in [5.74, 6) is 1.84. The molecule has 0 aliphatic heterocycles. The number of carbonyl (C=O) groups excluding carboxylic acids is 1. The van der Waals surface area contributed by atoms with Gasteiger partial charge in [0.1, 0.15) is 16.4 Å². The van der Waals surface area contributed by atoms with E-state index in [-0.39, 0.29) is 5.91 Å². The van der Waals surface area contributed by atoms with E-state index >= 15 is 0 Å². The van der Waals surface area contributed by atoms with Crippen molar-refractivity contribution in [1.29, 1.82) is 0 Å². The fraction of sp³-hybridized carbons (Fsp3) is 0.200. The minimum atomic E-state index is -0.184. The van der Waals surface area contributed by atoms with Gasteiger partial charge in [0.05, 0.1) is 23.0 Å². The van der Waals surface area contributed by atoms with Crippen LogP contribution in [0.4, 0.5) is 5.69 Å². The fourth-order valence-electron chi connectivity index (χ4n) is 2.48. The second kappa shape index (κ2) is 8.01. The lowest BCUT2D eigenvalue weighted by Crippen LogP contribution is -2.12. The lowest BCUT2D eigenvalue weighted by Gasteiger charge is -2.12. The third kappa shape index (κ3) is 4.21. The normalized spacial score (nSPS) is 10.4. The summed E-state index contributed by atoms with van der Waals surface area (Å²) < 4.78 is 11.4. The van der Waals surface area contributed by atoms with Crippen LogP contribution >= 0.6 is 11.3 Å². The highest BCUT2D eigenvalue weighted by Gasteiger charge is 2.16. The molecule has 2 aromatic carbocycles. The summed E-state index contributed by atoms with van der Waals surface area (Å²) in [7, 11) is 0. The minimum Gasteiger partial charge on any atom is -0.494 e. The smallest absolute Gasteiger partial charge is 0.267 e. The van der Waals surface area contributed by atoms with Gasteiger partial charge in [-0.15, -0.1) is 11.3 Å². The molecule has 6 heteroatoms. The zero-order valence-electron chi connectivity index (χ0n) is 14.9. The number of nitrogens with zero attached hydrogens (tertiary/aromatic N) is 1. The van der Waals surface area contributed by atoms with Crippen LogP contribution in [0.2, 0.25) is 0 Å². The first-order valence-electron chi connectivity index (χ1n) is 8.32. The average Bonchev–Trinajstić information content (AvgIpc) is 2.97. The topological polar surface area (TPSA) is 60.5 Å². The van der Waals surface area contributed by atoms with Crippen molar-refractivity contribution in [1.82, 2.24) is 4.98 Å². The van der Waals surface area contributed by atoms with Crippen LogP contribution in [0.1, 0.15) is 27.3 Å². The number of thiazole rings is 1. The molecule has 0 bridgehead atoms. The lowest BCUT2D eigenvalue weighted by molar-refractivity contribution is 0.102. The molecule has 1 heterocycles. The van der Waals surface area contributed by atoms with Gasteiger partial charge in [-0.2, -0.15) is 0 Å². The molecule has 0 aliphatic carbocycles. The third-order valence-corrected chi connectivity index (χ3v) is 4.68. The molecule has 0 aliphatic rings. The number of rotatable bonds is 6. The standard InChI is InChI=1S/C20H20N2O3S/c1-4-24-15-9-11-16(12-10-15)25-18-8-6-5-7-17(18)22-20(23)19-13(2)21-14(3)26-19/h5-12H,4H2,1-3H3,(H,22,23). The van der Waals surface area contributed by atoms with E-state index < -0.39 is 0 Å². The number of anilines is 1. The van der Waals surface area contributed by atoms with Gasteiger partial charge in [0.2, 0.25) is 0 Å². The Morgan fingerprint density at radius 3 is 2.42 bits per heavy atom.